The standard InChI is InChI=1S/C17H16ClN3O/c18-13-6-7-16-15(10-13)12(11-20-16)8-9-19-17(22)21-14-4-2-1-3-5-14/h1-7,10-11,20H,8-9H2,(H2,19,21,22). The van der Waals surface area contributed by atoms with Crippen LogP contribution in [0.3, 0.4) is 0 Å². The monoisotopic (exact) mass is 313 g/mol. The summed E-state index contributed by atoms with van der Waals surface area (Å²) in [5, 5.41) is 7.45. The van der Waals surface area contributed by atoms with Gasteiger partial charge in [0.25, 0.3) is 0 Å². The van der Waals surface area contributed by atoms with E-state index in [2.05, 4.69) is 15.6 Å². The van der Waals surface area contributed by atoms with E-state index in [0.29, 0.717) is 11.6 Å². The van der Waals surface area contributed by atoms with Crippen molar-refractivity contribution in [2.45, 2.75) is 6.42 Å². The first-order chi connectivity index (χ1) is 10.7. The summed E-state index contributed by atoms with van der Waals surface area (Å²) in [6.45, 7) is 0.554. The fourth-order valence-corrected chi connectivity index (χ4v) is 2.54. The molecule has 1 aromatic heterocycles. The Hall–Kier alpha value is -2.46. The molecule has 2 amide bonds. The SMILES string of the molecule is O=C(NCCc1c[nH]c2ccc(Cl)cc12)Nc1ccccc1. The summed E-state index contributed by atoms with van der Waals surface area (Å²) in [5.41, 5.74) is 2.96. The van der Waals surface area contributed by atoms with Crippen LogP contribution in [0.1, 0.15) is 5.56 Å². The number of amides is 2. The van der Waals surface area contributed by atoms with Crippen molar-refractivity contribution >= 4 is 34.2 Å². The Morgan fingerprint density at radius 3 is 2.77 bits per heavy atom. The van der Waals surface area contributed by atoms with Crippen LogP contribution in [0.25, 0.3) is 10.9 Å². The number of hydrogen-bond acceptors (Lipinski definition) is 1. The Morgan fingerprint density at radius 1 is 1.14 bits per heavy atom. The number of anilines is 1. The highest BCUT2D eigenvalue weighted by Crippen LogP contribution is 2.22. The van der Waals surface area contributed by atoms with Gasteiger partial charge in [0.2, 0.25) is 0 Å². The number of rotatable bonds is 4. The van der Waals surface area contributed by atoms with Crippen molar-refractivity contribution in [2.75, 3.05) is 11.9 Å². The fraction of sp³-hybridized carbons (Fsp3) is 0.118. The lowest BCUT2D eigenvalue weighted by atomic mass is 10.1. The van der Waals surface area contributed by atoms with E-state index in [1.807, 2.05) is 54.7 Å². The van der Waals surface area contributed by atoms with E-state index >= 15 is 0 Å². The number of nitrogens with one attached hydrogen (secondary N) is 3. The molecule has 0 aliphatic rings. The van der Waals surface area contributed by atoms with Gasteiger partial charge in [-0.25, -0.2) is 4.79 Å². The maximum Gasteiger partial charge on any atom is 0.319 e. The molecular weight excluding hydrogens is 298 g/mol. The van der Waals surface area contributed by atoms with E-state index in [9.17, 15) is 4.79 Å². The molecule has 0 saturated carbocycles. The van der Waals surface area contributed by atoms with Crippen LogP contribution in [0.15, 0.2) is 54.7 Å². The second-order valence-corrected chi connectivity index (χ2v) is 5.44. The average molecular weight is 314 g/mol. The van der Waals surface area contributed by atoms with E-state index in [4.69, 9.17) is 11.6 Å². The Morgan fingerprint density at radius 2 is 1.95 bits per heavy atom. The number of carbonyl (C=O) groups excluding carboxylic acids is 1. The molecule has 0 aliphatic heterocycles. The lowest BCUT2D eigenvalue weighted by molar-refractivity contribution is 0.252. The molecule has 3 N–H and O–H groups in total. The molecule has 0 radical (unpaired) electrons. The van der Waals surface area contributed by atoms with Gasteiger partial charge in [-0.2, -0.15) is 0 Å². The molecule has 3 aromatic rings. The molecule has 22 heavy (non-hydrogen) atoms. The van der Waals surface area contributed by atoms with Gasteiger partial charge in [-0.3, -0.25) is 0 Å². The van der Waals surface area contributed by atoms with Crippen LogP contribution in [-0.4, -0.2) is 17.6 Å². The number of carbonyl (C=O) groups is 1. The number of halogens is 1. The highest BCUT2D eigenvalue weighted by Gasteiger charge is 2.05. The van der Waals surface area contributed by atoms with Gasteiger partial charge in [0.1, 0.15) is 0 Å². The number of hydrogen-bond donors (Lipinski definition) is 3. The van der Waals surface area contributed by atoms with Gasteiger partial charge in [-0.1, -0.05) is 29.8 Å². The average Bonchev–Trinajstić information content (AvgIpc) is 2.91. The van der Waals surface area contributed by atoms with E-state index in [-0.39, 0.29) is 6.03 Å². The molecule has 0 unspecified atom stereocenters. The molecule has 0 bridgehead atoms. The van der Waals surface area contributed by atoms with Crippen molar-refractivity contribution in [2.24, 2.45) is 0 Å². The number of para-hydroxylation sites is 1. The van der Waals surface area contributed by atoms with Gasteiger partial charge in [-0.05, 0) is 42.3 Å². The molecule has 1 heterocycles. The summed E-state index contributed by atoms with van der Waals surface area (Å²) >= 11 is 6.03. The lowest BCUT2D eigenvalue weighted by Crippen LogP contribution is -2.30. The van der Waals surface area contributed by atoms with Crippen LogP contribution in [0.4, 0.5) is 10.5 Å². The summed E-state index contributed by atoms with van der Waals surface area (Å²) in [5.74, 6) is 0. The van der Waals surface area contributed by atoms with Gasteiger partial charge in [0.15, 0.2) is 0 Å². The van der Waals surface area contributed by atoms with Crippen molar-refractivity contribution in [3.05, 3.63) is 65.3 Å². The molecule has 0 spiro atoms. The summed E-state index contributed by atoms with van der Waals surface area (Å²) in [4.78, 5) is 15.0. The molecule has 5 heteroatoms. The number of fused-ring (bicyclic) bond motifs is 1. The largest absolute Gasteiger partial charge is 0.361 e. The molecule has 0 aliphatic carbocycles. The lowest BCUT2D eigenvalue weighted by Gasteiger charge is -2.07. The minimum atomic E-state index is -0.205. The van der Waals surface area contributed by atoms with Gasteiger partial charge in [-0.15, -0.1) is 0 Å². The minimum absolute atomic E-state index is 0.205. The number of aromatic amines is 1. The van der Waals surface area contributed by atoms with Crippen molar-refractivity contribution in [3.8, 4) is 0 Å². The number of H-pyrrole nitrogens is 1. The van der Waals surface area contributed by atoms with Crippen LogP contribution < -0.4 is 10.6 Å². The van der Waals surface area contributed by atoms with Crippen molar-refractivity contribution < 1.29 is 4.79 Å². The third-order valence-corrected chi connectivity index (χ3v) is 3.68. The van der Waals surface area contributed by atoms with Crippen LogP contribution in [0.2, 0.25) is 5.02 Å². The van der Waals surface area contributed by atoms with E-state index < -0.39 is 0 Å². The highest BCUT2D eigenvalue weighted by atomic mass is 35.5. The number of benzene rings is 2. The maximum absolute atomic E-state index is 11.8. The van der Waals surface area contributed by atoms with Crippen LogP contribution >= 0.6 is 11.6 Å². The molecule has 2 aromatic carbocycles. The van der Waals surface area contributed by atoms with Crippen molar-refractivity contribution in [1.82, 2.24) is 10.3 Å². The number of aromatic nitrogens is 1. The smallest absolute Gasteiger partial charge is 0.319 e. The Labute approximate surface area is 133 Å². The zero-order valence-corrected chi connectivity index (χ0v) is 12.7. The van der Waals surface area contributed by atoms with Crippen molar-refractivity contribution in [1.29, 1.82) is 0 Å². The molecule has 0 fully saturated rings. The first-order valence-electron chi connectivity index (χ1n) is 7.08. The Kier molecular flexibility index (Phi) is 4.30. The Balaban J connectivity index is 1.56. The summed E-state index contributed by atoms with van der Waals surface area (Å²) < 4.78 is 0. The van der Waals surface area contributed by atoms with E-state index in [0.717, 1.165) is 28.6 Å². The van der Waals surface area contributed by atoms with Gasteiger partial charge in [0, 0.05) is 34.4 Å². The third kappa shape index (κ3) is 3.40. The van der Waals surface area contributed by atoms with Crippen LogP contribution in [0, 0.1) is 0 Å². The molecule has 3 rings (SSSR count). The van der Waals surface area contributed by atoms with Gasteiger partial charge in [0.05, 0.1) is 0 Å². The van der Waals surface area contributed by atoms with Gasteiger partial charge < -0.3 is 15.6 Å². The van der Waals surface area contributed by atoms with Crippen molar-refractivity contribution in [3.63, 3.8) is 0 Å². The maximum atomic E-state index is 11.8. The second kappa shape index (κ2) is 6.54. The summed E-state index contributed by atoms with van der Waals surface area (Å²) in [6.07, 6.45) is 2.69. The molecule has 0 atom stereocenters. The fourth-order valence-electron chi connectivity index (χ4n) is 2.36. The highest BCUT2D eigenvalue weighted by molar-refractivity contribution is 6.31. The topological polar surface area (TPSA) is 56.9 Å². The molecule has 0 saturated heterocycles. The van der Waals surface area contributed by atoms with Crippen LogP contribution in [-0.2, 0) is 6.42 Å². The summed E-state index contributed by atoms with van der Waals surface area (Å²) in [7, 11) is 0. The molecular formula is C17H16ClN3O. The Bertz CT molecular complexity index is 783. The first-order valence-corrected chi connectivity index (χ1v) is 7.45. The van der Waals surface area contributed by atoms with Crippen LogP contribution in [0.5, 0.6) is 0 Å². The predicted octanol–water partition coefficient (Wildman–Crippen LogP) is 4.19. The van der Waals surface area contributed by atoms with E-state index in [1.54, 1.807) is 0 Å². The number of urea groups is 1. The zero-order valence-electron chi connectivity index (χ0n) is 11.9. The second-order valence-electron chi connectivity index (χ2n) is 5.00. The minimum Gasteiger partial charge on any atom is -0.361 e. The predicted molar refractivity (Wildman–Crippen MR) is 90.5 cm³/mol. The molecule has 112 valence electrons. The van der Waals surface area contributed by atoms with E-state index in [1.165, 1.54) is 0 Å². The zero-order chi connectivity index (χ0) is 15.4. The summed E-state index contributed by atoms with van der Waals surface area (Å²) in [6, 6.07) is 14.9. The van der Waals surface area contributed by atoms with Gasteiger partial charge >= 0.3 is 6.03 Å². The molecule has 4 nitrogen and oxygen atoms in total. The first kappa shape index (κ1) is 14.5. The quantitative estimate of drug-likeness (QED) is 0.664. The third-order valence-electron chi connectivity index (χ3n) is 3.44. The normalized spacial score (nSPS) is 10.6.